The Hall–Kier alpha value is -2.16. The summed E-state index contributed by atoms with van der Waals surface area (Å²) < 4.78 is 6.05. The van der Waals surface area contributed by atoms with Gasteiger partial charge in [0.2, 0.25) is 0 Å². The molecule has 1 fully saturated rings. The van der Waals surface area contributed by atoms with E-state index in [1.54, 1.807) is 6.07 Å². The van der Waals surface area contributed by atoms with E-state index in [4.69, 9.17) is 4.74 Å². The molecule has 2 aromatic rings. The molecule has 0 unspecified atom stereocenters. The van der Waals surface area contributed by atoms with Gasteiger partial charge in [0.1, 0.15) is 18.1 Å². The van der Waals surface area contributed by atoms with Crippen LogP contribution >= 0.6 is 0 Å². The molecule has 0 saturated heterocycles. The van der Waals surface area contributed by atoms with Gasteiger partial charge in [-0.25, -0.2) is 0 Å². The summed E-state index contributed by atoms with van der Waals surface area (Å²) in [6.45, 7) is 2.63. The first-order chi connectivity index (χ1) is 10.2. The van der Waals surface area contributed by atoms with Gasteiger partial charge in [0.05, 0.1) is 0 Å². The summed E-state index contributed by atoms with van der Waals surface area (Å²) in [5.41, 5.74) is 4.62. The molecule has 3 rings (SSSR count). The van der Waals surface area contributed by atoms with Gasteiger partial charge in [0, 0.05) is 23.9 Å². The highest BCUT2D eigenvalue weighted by molar-refractivity contribution is 5.54. The van der Waals surface area contributed by atoms with E-state index in [0.717, 1.165) is 17.0 Å². The van der Waals surface area contributed by atoms with E-state index in [0.29, 0.717) is 18.3 Å². The van der Waals surface area contributed by atoms with Gasteiger partial charge in [-0.1, -0.05) is 12.1 Å². The van der Waals surface area contributed by atoms with Gasteiger partial charge >= 0.3 is 0 Å². The van der Waals surface area contributed by atoms with Crippen LogP contribution in [0.2, 0.25) is 0 Å². The fourth-order valence-electron chi connectivity index (χ4n) is 2.66. The molecular weight excluding hydrogens is 262 g/mol. The molecular formula is C18H21NO2. The van der Waals surface area contributed by atoms with E-state index in [9.17, 15) is 5.11 Å². The molecule has 3 heteroatoms. The predicted molar refractivity (Wildman–Crippen MR) is 85.1 cm³/mol. The zero-order valence-electron chi connectivity index (χ0n) is 12.5. The van der Waals surface area contributed by atoms with E-state index >= 15 is 0 Å². The lowest BCUT2D eigenvalue weighted by molar-refractivity contribution is 0.302. The Morgan fingerprint density at radius 2 is 2.05 bits per heavy atom. The number of anilines is 1. The number of phenolic OH excluding ortho intramolecular Hbond substituents is 1. The molecule has 21 heavy (non-hydrogen) atoms. The standard InChI is InChI=1S/C18H21NO2/c1-12-4-3-5-17(19-2)16(12)11-21-18-9-8-14(20)10-15(18)13-6-7-13/h3-5,8-10,13,19-20H,6-7,11H2,1-2H3. The molecule has 0 aliphatic heterocycles. The molecule has 1 saturated carbocycles. The maximum Gasteiger partial charge on any atom is 0.123 e. The molecule has 1 aliphatic rings. The molecule has 0 heterocycles. The van der Waals surface area contributed by atoms with E-state index < -0.39 is 0 Å². The fraction of sp³-hybridized carbons (Fsp3) is 0.333. The van der Waals surface area contributed by atoms with Crippen molar-refractivity contribution in [1.82, 2.24) is 0 Å². The van der Waals surface area contributed by atoms with Crippen LogP contribution in [-0.2, 0) is 6.61 Å². The van der Waals surface area contributed by atoms with E-state index in [1.807, 2.05) is 25.2 Å². The number of aromatic hydroxyl groups is 1. The minimum absolute atomic E-state index is 0.316. The summed E-state index contributed by atoms with van der Waals surface area (Å²) >= 11 is 0. The highest BCUT2D eigenvalue weighted by Crippen LogP contribution is 2.45. The zero-order valence-corrected chi connectivity index (χ0v) is 12.5. The second-order valence-electron chi connectivity index (χ2n) is 5.64. The Morgan fingerprint density at radius 3 is 2.76 bits per heavy atom. The lowest BCUT2D eigenvalue weighted by atomic mass is 10.1. The average molecular weight is 283 g/mol. The molecule has 0 aromatic heterocycles. The Morgan fingerprint density at radius 1 is 1.24 bits per heavy atom. The topological polar surface area (TPSA) is 41.5 Å². The van der Waals surface area contributed by atoms with Gasteiger partial charge < -0.3 is 15.2 Å². The van der Waals surface area contributed by atoms with Crippen LogP contribution in [0.5, 0.6) is 11.5 Å². The normalized spacial score (nSPS) is 14.0. The van der Waals surface area contributed by atoms with Crippen LogP contribution in [0.25, 0.3) is 0 Å². The summed E-state index contributed by atoms with van der Waals surface area (Å²) in [6, 6.07) is 11.6. The van der Waals surface area contributed by atoms with Gasteiger partial charge in [-0.05, 0) is 55.5 Å². The van der Waals surface area contributed by atoms with Crippen LogP contribution < -0.4 is 10.1 Å². The molecule has 3 nitrogen and oxygen atoms in total. The second-order valence-corrected chi connectivity index (χ2v) is 5.64. The molecule has 0 bridgehead atoms. The number of phenols is 1. The largest absolute Gasteiger partial charge is 0.508 e. The average Bonchev–Trinajstić information content (AvgIpc) is 3.31. The monoisotopic (exact) mass is 283 g/mol. The first-order valence-electron chi connectivity index (χ1n) is 7.41. The van der Waals surface area contributed by atoms with Crippen LogP contribution in [0.4, 0.5) is 5.69 Å². The van der Waals surface area contributed by atoms with Gasteiger partial charge in [-0.3, -0.25) is 0 Å². The van der Waals surface area contributed by atoms with Gasteiger partial charge in [0.25, 0.3) is 0 Å². The maximum absolute atomic E-state index is 9.66. The molecule has 0 spiro atoms. The molecule has 1 aliphatic carbocycles. The Kier molecular flexibility index (Phi) is 3.74. The Balaban J connectivity index is 1.82. The smallest absolute Gasteiger partial charge is 0.123 e. The summed E-state index contributed by atoms with van der Waals surface area (Å²) in [5.74, 6) is 1.75. The van der Waals surface area contributed by atoms with Gasteiger partial charge in [0.15, 0.2) is 0 Å². The van der Waals surface area contributed by atoms with Crippen molar-refractivity contribution >= 4 is 5.69 Å². The van der Waals surface area contributed by atoms with E-state index in [1.165, 1.54) is 24.0 Å². The van der Waals surface area contributed by atoms with Crippen molar-refractivity contribution in [3.8, 4) is 11.5 Å². The second kappa shape index (κ2) is 5.68. The van der Waals surface area contributed by atoms with E-state index in [-0.39, 0.29) is 0 Å². The van der Waals surface area contributed by atoms with Crippen molar-refractivity contribution in [2.45, 2.75) is 32.3 Å². The quantitative estimate of drug-likeness (QED) is 0.864. The number of aryl methyl sites for hydroxylation is 1. The molecule has 2 aromatic carbocycles. The minimum Gasteiger partial charge on any atom is -0.508 e. The van der Waals surface area contributed by atoms with Crippen molar-refractivity contribution in [3.63, 3.8) is 0 Å². The van der Waals surface area contributed by atoms with Crippen LogP contribution in [0.1, 0.15) is 35.4 Å². The van der Waals surface area contributed by atoms with Crippen LogP contribution in [0, 0.1) is 6.92 Å². The first-order valence-corrected chi connectivity index (χ1v) is 7.41. The maximum atomic E-state index is 9.66. The van der Waals surface area contributed by atoms with Crippen molar-refractivity contribution < 1.29 is 9.84 Å². The van der Waals surface area contributed by atoms with Crippen LogP contribution in [-0.4, -0.2) is 12.2 Å². The summed E-state index contributed by atoms with van der Waals surface area (Å²) in [5, 5.41) is 12.9. The van der Waals surface area contributed by atoms with Gasteiger partial charge in [-0.15, -0.1) is 0 Å². The molecule has 0 amide bonds. The van der Waals surface area contributed by atoms with Gasteiger partial charge in [-0.2, -0.15) is 0 Å². The third-order valence-electron chi connectivity index (χ3n) is 4.06. The van der Waals surface area contributed by atoms with Crippen molar-refractivity contribution in [2.75, 3.05) is 12.4 Å². The third kappa shape index (κ3) is 2.97. The number of hydrogen-bond acceptors (Lipinski definition) is 3. The summed E-state index contributed by atoms with van der Waals surface area (Å²) in [7, 11) is 1.93. The Labute approximate surface area is 125 Å². The molecule has 0 atom stereocenters. The van der Waals surface area contributed by atoms with Crippen LogP contribution in [0.15, 0.2) is 36.4 Å². The van der Waals surface area contributed by atoms with Crippen LogP contribution in [0.3, 0.4) is 0 Å². The lowest BCUT2D eigenvalue weighted by Gasteiger charge is -2.15. The number of hydrogen-bond donors (Lipinski definition) is 2. The highest BCUT2D eigenvalue weighted by Gasteiger charge is 2.27. The number of nitrogens with one attached hydrogen (secondary N) is 1. The summed E-state index contributed by atoms with van der Waals surface area (Å²) in [6.07, 6.45) is 2.37. The van der Waals surface area contributed by atoms with E-state index in [2.05, 4.69) is 24.4 Å². The zero-order chi connectivity index (χ0) is 14.8. The number of ether oxygens (including phenoxy) is 1. The summed E-state index contributed by atoms with van der Waals surface area (Å²) in [4.78, 5) is 0. The number of benzene rings is 2. The van der Waals surface area contributed by atoms with Crippen molar-refractivity contribution in [1.29, 1.82) is 0 Å². The highest BCUT2D eigenvalue weighted by atomic mass is 16.5. The number of rotatable bonds is 5. The fourth-order valence-corrected chi connectivity index (χ4v) is 2.66. The third-order valence-corrected chi connectivity index (χ3v) is 4.06. The SMILES string of the molecule is CNc1cccc(C)c1COc1ccc(O)cc1C1CC1. The molecule has 0 radical (unpaired) electrons. The van der Waals surface area contributed by atoms with Crippen molar-refractivity contribution in [2.24, 2.45) is 0 Å². The Bertz CT molecular complexity index is 648. The molecule has 110 valence electrons. The predicted octanol–water partition coefficient (Wildman–Crippen LogP) is 4.20. The molecule has 2 N–H and O–H groups in total. The van der Waals surface area contributed by atoms with Crippen molar-refractivity contribution in [3.05, 3.63) is 53.1 Å². The first kappa shape index (κ1) is 13.8. The minimum atomic E-state index is 0.316. The lowest BCUT2D eigenvalue weighted by Crippen LogP contribution is -2.04.